The minimum atomic E-state index is -0.790. The molecular formula is C19H23NO3. The van der Waals surface area contributed by atoms with E-state index < -0.39 is 11.9 Å². The number of aryl methyl sites for hydroxylation is 1. The van der Waals surface area contributed by atoms with Crippen molar-refractivity contribution in [2.75, 3.05) is 0 Å². The third-order valence-corrected chi connectivity index (χ3v) is 6.19. The summed E-state index contributed by atoms with van der Waals surface area (Å²) in [6, 6.07) is 8.32. The second-order valence-electron chi connectivity index (χ2n) is 7.38. The van der Waals surface area contributed by atoms with Gasteiger partial charge in [0.15, 0.2) is 0 Å². The monoisotopic (exact) mass is 313 g/mol. The number of carboxylic acid groups (broad SMARTS) is 1. The molecule has 23 heavy (non-hydrogen) atoms. The molecule has 0 spiro atoms. The van der Waals surface area contributed by atoms with E-state index in [2.05, 4.69) is 17.4 Å². The minimum Gasteiger partial charge on any atom is -0.481 e. The van der Waals surface area contributed by atoms with Gasteiger partial charge in [0.25, 0.3) is 0 Å². The van der Waals surface area contributed by atoms with E-state index in [1.807, 2.05) is 12.1 Å². The van der Waals surface area contributed by atoms with E-state index in [0.29, 0.717) is 0 Å². The number of carboxylic acids is 1. The Morgan fingerprint density at radius 2 is 1.78 bits per heavy atom. The molecule has 1 amide bonds. The molecule has 3 aliphatic rings. The molecule has 3 aliphatic carbocycles. The quantitative estimate of drug-likeness (QED) is 0.901. The largest absolute Gasteiger partial charge is 0.481 e. The molecular weight excluding hydrogens is 290 g/mol. The van der Waals surface area contributed by atoms with E-state index >= 15 is 0 Å². The predicted molar refractivity (Wildman–Crippen MR) is 85.7 cm³/mol. The van der Waals surface area contributed by atoms with Crippen LogP contribution in [0.2, 0.25) is 0 Å². The van der Waals surface area contributed by atoms with Crippen LogP contribution < -0.4 is 5.32 Å². The first-order valence-electron chi connectivity index (χ1n) is 8.76. The predicted octanol–water partition coefficient (Wildman–Crippen LogP) is 2.93. The first-order chi connectivity index (χ1) is 11.1. The zero-order chi connectivity index (χ0) is 16.0. The third kappa shape index (κ3) is 2.44. The lowest BCUT2D eigenvalue weighted by Gasteiger charge is -2.31. The van der Waals surface area contributed by atoms with Crippen LogP contribution >= 0.6 is 0 Å². The highest BCUT2D eigenvalue weighted by molar-refractivity contribution is 5.86. The Kier molecular flexibility index (Phi) is 3.63. The molecule has 122 valence electrons. The number of fused-ring (bicyclic) bond motifs is 3. The highest BCUT2D eigenvalue weighted by Gasteiger charge is 2.54. The van der Waals surface area contributed by atoms with Crippen LogP contribution in [0.25, 0.3) is 0 Å². The van der Waals surface area contributed by atoms with Gasteiger partial charge < -0.3 is 10.4 Å². The summed E-state index contributed by atoms with van der Waals surface area (Å²) < 4.78 is 0. The molecule has 0 radical (unpaired) electrons. The number of amides is 1. The van der Waals surface area contributed by atoms with E-state index in [0.717, 1.165) is 38.5 Å². The molecule has 2 bridgehead atoms. The molecule has 0 unspecified atom stereocenters. The van der Waals surface area contributed by atoms with Gasteiger partial charge in [0.1, 0.15) is 0 Å². The van der Waals surface area contributed by atoms with Crippen LogP contribution in [0.3, 0.4) is 0 Å². The maximum absolute atomic E-state index is 12.9. The van der Waals surface area contributed by atoms with Crippen molar-refractivity contribution < 1.29 is 14.7 Å². The van der Waals surface area contributed by atoms with E-state index in [1.54, 1.807) is 0 Å². The van der Waals surface area contributed by atoms with Crippen molar-refractivity contribution >= 4 is 11.9 Å². The van der Waals surface area contributed by atoms with Crippen LogP contribution in [-0.4, -0.2) is 17.0 Å². The van der Waals surface area contributed by atoms with E-state index in [9.17, 15) is 14.7 Å². The lowest BCUT2D eigenvalue weighted by molar-refractivity contribution is -0.149. The number of benzene rings is 1. The molecule has 4 nitrogen and oxygen atoms in total. The summed E-state index contributed by atoms with van der Waals surface area (Å²) in [7, 11) is 0. The van der Waals surface area contributed by atoms with Gasteiger partial charge in [-0.3, -0.25) is 9.59 Å². The highest BCUT2D eigenvalue weighted by Crippen LogP contribution is 2.52. The fourth-order valence-corrected chi connectivity index (χ4v) is 5.20. The molecule has 0 aromatic heterocycles. The SMILES string of the molecule is O=C(O)[C@H]1[C@@H]2CC[C@@H](C2)[C@@H]1C(=O)N[C@@H]1CCCc2ccccc21. The van der Waals surface area contributed by atoms with Crippen molar-refractivity contribution in [1.82, 2.24) is 5.32 Å². The standard InChI is InChI=1S/C19H23NO3/c21-18(16-12-8-9-13(10-12)17(16)19(22)23)20-15-7-3-5-11-4-1-2-6-14(11)15/h1-2,4,6,12-13,15-17H,3,5,7-10H2,(H,20,21)(H,22,23)/t12-,13+,15+,16-,17-/m0/s1. The number of hydrogen-bond acceptors (Lipinski definition) is 2. The highest BCUT2D eigenvalue weighted by atomic mass is 16.4. The summed E-state index contributed by atoms with van der Waals surface area (Å²) >= 11 is 0. The minimum absolute atomic E-state index is 0.0358. The number of nitrogens with one attached hydrogen (secondary N) is 1. The van der Waals surface area contributed by atoms with Crippen molar-refractivity contribution in [2.45, 2.75) is 44.6 Å². The van der Waals surface area contributed by atoms with Gasteiger partial charge in [0.2, 0.25) is 5.91 Å². The molecule has 4 heteroatoms. The lowest BCUT2D eigenvalue weighted by Crippen LogP contribution is -2.43. The lowest BCUT2D eigenvalue weighted by atomic mass is 9.78. The number of aliphatic carboxylic acids is 1. The van der Waals surface area contributed by atoms with Gasteiger partial charge in [-0.25, -0.2) is 0 Å². The maximum atomic E-state index is 12.9. The molecule has 2 fully saturated rings. The summed E-state index contributed by atoms with van der Waals surface area (Å²) in [5.41, 5.74) is 2.52. The number of carbonyl (C=O) groups is 2. The third-order valence-electron chi connectivity index (χ3n) is 6.19. The molecule has 0 saturated heterocycles. The normalized spacial score (nSPS) is 34.9. The van der Waals surface area contributed by atoms with Crippen LogP contribution in [-0.2, 0) is 16.0 Å². The fourth-order valence-electron chi connectivity index (χ4n) is 5.20. The first kappa shape index (κ1) is 14.7. The molecule has 2 N–H and O–H groups in total. The molecule has 0 aliphatic heterocycles. The summed E-state index contributed by atoms with van der Waals surface area (Å²) in [6.07, 6.45) is 5.97. The summed E-state index contributed by atoms with van der Waals surface area (Å²) in [5, 5.41) is 12.7. The molecule has 0 heterocycles. The maximum Gasteiger partial charge on any atom is 0.307 e. The van der Waals surface area contributed by atoms with Gasteiger partial charge in [-0.05, 0) is 61.5 Å². The molecule has 5 atom stereocenters. The van der Waals surface area contributed by atoms with Crippen LogP contribution in [0, 0.1) is 23.7 Å². The van der Waals surface area contributed by atoms with Crippen molar-refractivity contribution in [3.8, 4) is 0 Å². The second kappa shape index (κ2) is 5.66. The van der Waals surface area contributed by atoms with E-state index in [-0.39, 0.29) is 29.7 Å². The van der Waals surface area contributed by atoms with Crippen LogP contribution in [0.4, 0.5) is 0 Å². The van der Waals surface area contributed by atoms with E-state index in [1.165, 1.54) is 11.1 Å². The Labute approximate surface area is 136 Å². The zero-order valence-electron chi connectivity index (χ0n) is 13.2. The van der Waals surface area contributed by atoms with Gasteiger partial charge in [-0.2, -0.15) is 0 Å². The fraction of sp³-hybridized carbons (Fsp3) is 0.579. The Balaban J connectivity index is 1.54. The van der Waals surface area contributed by atoms with Crippen molar-refractivity contribution in [3.63, 3.8) is 0 Å². The summed E-state index contributed by atoms with van der Waals surface area (Å²) in [4.78, 5) is 24.5. The van der Waals surface area contributed by atoms with Crippen LogP contribution in [0.15, 0.2) is 24.3 Å². The van der Waals surface area contributed by atoms with Gasteiger partial charge in [-0.15, -0.1) is 0 Å². The first-order valence-corrected chi connectivity index (χ1v) is 8.76. The van der Waals surface area contributed by atoms with Crippen molar-refractivity contribution in [3.05, 3.63) is 35.4 Å². The summed E-state index contributed by atoms with van der Waals surface area (Å²) in [6.45, 7) is 0. The van der Waals surface area contributed by atoms with Crippen LogP contribution in [0.1, 0.15) is 49.3 Å². The Morgan fingerprint density at radius 3 is 2.57 bits per heavy atom. The topological polar surface area (TPSA) is 66.4 Å². The Morgan fingerprint density at radius 1 is 1.04 bits per heavy atom. The second-order valence-corrected chi connectivity index (χ2v) is 7.38. The van der Waals surface area contributed by atoms with Crippen LogP contribution in [0.5, 0.6) is 0 Å². The summed E-state index contributed by atoms with van der Waals surface area (Å²) in [5.74, 6) is -1.17. The average Bonchev–Trinajstić information content (AvgIpc) is 3.16. The molecule has 4 rings (SSSR count). The zero-order valence-corrected chi connectivity index (χ0v) is 13.2. The number of rotatable bonds is 3. The van der Waals surface area contributed by atoms with E-state index in [4.69, 9.17) is 0 Å². The van der Waals surface area contributed by atoms with Gasteiger partial charge in [-0.1, -0.05) is 24.3 Å². The molecule has 1 aromatic rings. The average molecular weight is 313 g/mol. The Bertz CT molecular complexity index is 641. The van der Waals surface area contributed by atoms with Gasteiger partial charge in [0, 0.05) is 0 Å². The number of hydrogen-bond donors (Lipinski definition) is 2. The van der Waals surface area contributed by atoms with Gasteiger partial charge >= 0.3 is 5.97 Å². The molecule has 1 aromatic carbocycles. The van der Waals surface area contributed by atoms with Crippen molar-refractivity contribution in [1.29, 1.82) is 0 Å². The van der Waals surface area contributed by atoms with Crippen molar-refractivity contribution in [2.24, 2.45) is 23.7 Å². The van der Waals surface area contributed by atoms with Gasteiger partial charge in [0.05, 0.1) is 17.9 Å². The number of carbonyl (C=O) groups excluding carboxylic acids is 1. The Hall–Kier alpha value is -1.84. The molecule has 2 saturated carbocycles. The smallest absolute Gasteiger partial charge is 0.307 e.